The molecule has 4 aromatic rings. The summed E-state index contributed by atoms with van der Waals surface area (Å²) in [5.74, 6) is -0.605. The molecule has 1 N–H and O–H groups in total. The molecule has 1 amide bonds. The monoisotopic (exact) mass is 543 g/mol. The minimum Gasteiger partial charge on any atom is -0.434 e. The third-order valence-electron chi connectivity index (χ3n) is 5.87. The minimum atomic E-state index is -3.05. The molecule has 0 spiro atoms. The van der Waals surface area contributed by atoms with Crippen molar-refractivity contribution in [2.45, 2.75) is 13.2 Å². The molecule has 4 heterocycles. The fourth-order valence-electron chi connectivity index (χ4n) is 4.06. The van der Waals surface area contributed by atoms with Crippen molar-refractivity contribution in [2.24, 2.45) is 0 Å². The van der Waals surface area contributed by atoms with Gasteiger partial charge in [0.25, 0.3) is 5.91 Å². The zero-order valence-corrected chi connectivity index (χ0v) is 20.9. The summed E-state index contributed by atoms with van der Waals surface area (Å²) in [4.78, 5) is 19.7. The van der Waals surface area contributed by atoms with E-state index in [-0.39, 0.29) is 28.3 Å². The first-order valence-electron chi connectivity index (χ1n) is 11.8. The third-order valence-corrected chi connectivity index (χ3v) is 6.11. The van der Waals surface area contributed by atoms with Crippen LogP contribution in [0.2, 0.25) is 5.02 Å². The first kappa shape index (κ1) is 25.8. The number of allylic oxidation sites excluding steroid dienone is 1. The number of halogens is 3. The van der Waals surface area contributed by atoms with Crippen LogP contribution < -0.4 is 10.1 Å². The molecule has 38 heavy (non-hydrogen) atoms. The van der Waals surface area contributed by atoms with Gasteiger partial charge in [0.05, 0.1) is 31.6 Å². The number of benzene rings is 1. The van der Waals surface area contributed by atoms with Gasteiger partial charge in [-0.15, -0.1) is 0 Å². The number of aromatic nitrogens is 5. The van der Waals surface area contributed by atoms with E-state index in [1.807, 2.05) is 12.2 Å². The molecule has 0 bridgehead atoms. The smallest absolute Gasteiger partial charge is 0.387 e. The molecular weight excluding hydrogens is 520 g/mol. The average molecular weight is 544 g/mol. The van der Waals surface area contributed by atoms with E-state index in [9.17, 15) is 13.6 Å². The van der Waals surface area contributed by atoms with E-state index in [4.69, 9.17) is 21.1 Å². The molecule has 0 atom stereocenters. The lowest BCUT2D eigenvalue weighted by atomic mass is 10.1. The maximum Gasteiger partial charge on any atom is 0.387 e. The molecule has 0 aliphatic carbocycles. The van der Waals surface area contributed by atoms with Gasteiger partial charge in [-0.25, -0.2) is 9.50 Å². The number of ether oxygens (including phenoxy) is 2. The lowest BCUT2D eigenvalue weighted by Gasteiger charge is -2.25. The van der Waals surface area contributed by atoms with Crippen LogP contribution in [0.1, 0.15) is 10.4 Å². The maximum absolute atomic E-state index is 13.2. The van der Waals surface area contributed by atoms with Crippen molar-refractivity contribution in [3.63, 3.8) is 0 Å². The molecule has 1 aromatic carbocycles. The second-order valence-electron chi connectivity index (χ2n) is 8.42. The van der Waals surface area contributed by atoms with Crippen LogP contribution in [-0.4, -0.2) is 74.6 Å². The first-order chi connectivity index (χ1) is 18.5. The maximum atomic E-state index is 13.2. The molecule has 1 aliphatic heterocycles. The molecule has 0 saturated carbocycles. The topological polar surface area (TPSA) is 98.8 Å². The van der Waals surface area contributed by atoms with Gasteiger partial charge in [0.2, 0.25) is 0 Å². The predicted molar refractivity (Wildman–Crippen MR) is 137 cm³/mol. The summed E-state index contributed by atoms with van der Waals surface area (Å²) >= 11 is 6.18. The number of rotatable bonds is 9. The van der Waals surface area contributed by atoms with Crippen LogP contribution in [0.25, 0.3) is 16.9 Å². The Morgan fingerprint density at radius 3 is 2.87 bits per heavy atom. The van der Waals surface area contributed by atoms with Crippen molar-refractivity contribution in [1.82, 2.24) is 29.3 Å². The number of morpholine rings is 1. The predicted octanol–water partition coefficient (Wildman–Crippen LogP) is 3.99. The van der Waals surface area contributed by atoms with E-state index < -0.39 is 12.5 Å². The van der Waals surface area contributed by atoms with E-state index in [0.29, 0.717) is 30.4 Å². The zero-order chi connectivity index (χ0) is 26.5. The number of nitrogens with zero attached hydrogens (tertiary/aromatic N) is 6. The molecule has 3 aromatic heterocycles. The summed E-state index contributed by atoms with van der Waals surface area (Å²) in [6, 6.07) is 5.94. The number of anilines is 1. The number of nitrogens with one attached hydrogen (secondary N) is 1. The van der Waals surface area contributed by atoms with Crippen LogP contribution in [-0.2, 0) is 11.3 Å². The molecule has 13 heteroatoms. The summed E-state index contributed by atoms with van der Waals surface area (Å²) in [5.41, 5.74) is 1.33. The van der Waals surface area contributed by atoms with Crippen molar-refractivity contribution in [2.75, 3.05) is 38.2 Å². The van der Waals surface area contributed by atoms with Gasteiger partial charge >= 0.3 is 6.61 Å². The highest BCUT2D eigenvalue weighted by Gasteiger charge is 2.22. The number of carbonyl (C=O) groups is 1. The number of amides is 1. The average Bonchev–Trinajstić information content (AvgIpc) is 3.52. The highest BCUT2D eigenvalue weighted by atomic mass is 35.5. The Morgan fingerprint density at radius 1 is 1.24 bits per heavy atom. The van der Waals surface area contributed by atoms with E-state index in [2.05, 4.69) is 25.4 Å². The minimum absolute atomic E-state index is 0.120. The van der Waals surface area contributed by atoms with Crippen LogP contribution in [0.5, 0.6) is 5.75 Å². The summed E-state index contributed by atoms with van der Waals surface area (Å²) in [5, 5.41) is 11.8. The van der Waals surface area contributed by atoms with Crippen molar-refractivity contribution in [3.8, 4) is 17.0 Å². The van der Waals surface area contributed by atoms with Gasteiger partial charge in [-0.05, 0) is 24.3 Å². The van der Waals surface area contributed by atoms with E-state index >= 15 is 0 Å². The summed E-state index contributed by atoms with van der Waals surface area (Å²) in [6.45, 7) is 1.26. The van der Waals surface area contributed by atoms with Gasteiger partial charge in [0.1, 0.15) is 17.0 Å². The van der Waals surface area contributed by atoms with Gasteiger partial charge in [0, 0.05) is 48.8 Å². The number of alkyl halides is 2. The molecular formula is C25H24ClF2N7O3. The van der Waals surface area contributed by atoms with Gasteiger partial charge in [0.15, 0.2) is 5.65 Å². The number of hydrogen-bond acceptors (Lipinski definition) is 7. The second kappa shape index (κ2) is 11.7. The standard InChI is InChI=1S/C25H24ClF2N7O3/c26-17-4-5-21(38-25(27)28)18(14-17)22-20(31-24(36)19-15-30-35-9-3-6-29-23(19)35)16-34(32-22)8-2-1-7-33-10-12-37-13-11-33/h1-6,9,14-16,25H,7-8,10-13H2,(H,31,36)/b2-1+. The van der Waals surface area contributed by atoms with Gasteiger partial charge in [-0.3, -0.25) is 14.4 Å². The van der Waals surface area contributed by atoms with Crippen LogP contribution in [0, 0.1) is 0 Å². The normalized spacial score (nSPS) is 14.5. The Labute approximate surface area is 221 Å². The Kier molecular flexibility index (Phi) is 7.91. The molecule has 1 saturated heterocycles. The molecule has 1 aliphatic rings. The van der Waals surface area contributed by atoms with Crippen LogP contribution >= 0.6 is 11.6 Å². The van der Waals surface area contributed by atoms with Gasteiger partial charge < -0.3 is 14.8 Å². The lowest BCUT2D eigenvalue weighted by Crippen LogP contribution is -2.36. The second-order valence-corrected chi connectivity index (χ2v) is 8.85. The Bertz CT molecular complexity index is 1450. The number of carbonyl (C=O) groups excluding carboxylic acids is 1. The number of fused-ring (bicyclic) bond motifs is 1. The van der Waals surface area contributed by atoms with Crippen LogP contribution in [0.4, 0.5) is 14.5 Å². The summed E-state index contributed by atoms with van der Waals surface area (Å²) in [7, 11) is 0. The van der Waals surface area contributed by atoms with Crippen molar-refractivity contribution < 1.29 is 23.0 Å². The van der Waals surface area contributed by atoms with Crippen LogP contribution in [0.3, 0.4) is 0 Å². The largest absolute Gasteiger partial charge is 0.434 e. The quantitative estimate of drug-likeness (QED) is 0.319. The van der Waals surface area contributed by atoms with Crippen LogP contribution in [0.15, 0.2) is 61.2 Å². The van der Waals surface area contributed by atoms with E-state index in [1.165, 1.54) is 28.9 Å². The van der Waals surface area contributed by atoms with Crippen molar-refractivity contribution in [3.05, 3.63) is 71.8 Å². The summed E-state index contributed by atoms with van der Waals surface area (Å²) < 4.78 is 39.4. The van der Waals surface area contributed by atoms with Crippen molar-refractivity contribution in [1.29, 1.82) is 0 Å². The fourth-order valence-corrected chi connectivity index (χ4v) is 4.23. The molecule has 1 fully saturated rings. The molecule has 10 nitrogen and oxygen atoms in total. The van der Waals surface area contributed by atoms with Crippen molar-refractivity contribution >= 4 is 28.8 Å². The molecule has 0 radical (unpaired) electrons. The summed E-state index contributed by atoms with van der Waals surface area (Å²) in [6.07, 6.45) is 10.2. The van der Waals surface area contributed by atoms with Gasteiger partial charge in [-0.2, -0.15) is 19.0 Å². The van der Waals surface area contributed by atoms with E-state index in [0.717, 1.165) is 19.6 Å². The Morgan fingerprint density at radius 2 is 2.05 bits per heavy atom. The number of hydrogen-bond donors (Lipinski definition) is 1. The molecule has 0 unspecified atom stereocenters. The molecule has 198 valence electrons. The Balaban J connectivity index is 1.44. The van der Waals surface area contributed by atoms with Gasteiger partial charge in [-0.1, -0.05) is 23.8 Å². The lowest BCUT2D eigenvalue weighted by molar-refractivity contribution is -0.0494. The highest BCUT2D eigenvalue weighted by Crippen LogP contribution is 2.37. The highest BCUT2D eigenvalue weighted by molar-refractivity contribution is 6.31. The first-order valence-corrected chi connectivity index (χ1v) is 12.2. The molecule has 5 rings (SSSR count). The third kappa shape index (κ3) is 5.98. The SMILES string of the molecule is O=C(Nc1cn(C/C=C/CN2CCOCC2)nc1-c1cc(Cl)ccc1OC(F)F)c1cnn2cccnc12. The van der Waals surface area contributed by atoms with E-state index in [1.54, 1.807) is 29.3 Å². The zero-order valence-electron chi connectivity index (χ0n) is 20.1. The Hall–Kier alpha value is -3.87. The fraction of sp³-hybridized carbons (Fsp3) is 0.280.